The van der Waals surface area contributed by atoms with E-state index in [4.69, 9.17) is 5.11 Å². The number of pyridine rings is 1. The number of aryl methyl sites for hydroxylation is 1. The third kappa shape index (κ3) is 3.56. The summed E-state index contributed by atoms with van der Waals surface area (Å²) in [6.07, 6.45) is 10.1. The summed E-state index contributed by atoms with van der Waals surface area (Å²) in [5, 5.41) is 12.8. The minimum absolute atomic E-state index is 0.101. The molecule has 8 heteroatoms. The molecule has 7 nitrogen and oxygen atoms in total. The molecule has 0 saturated heterocycles. The molecule has 0 bridgehead atoms. The largest absolute Gasteiger partial charge is 0.481 e. The van der Waals surface area contributed by atoms with Crippen LogP contribution < -0.4 is 4.57 Å². The number of carbonyl (C=O) groups is 1. The van der Waals surface area contributed by atoms with Crippen molar-refractivity contribution in [3.8, 4) is 11.3 Å². The fourth-order valence-electron chi connectivity index (χ4n) is 1.95. The van der Waals surface area contributed by atoms with Crippen molar-refractivity contribution >= 4 is 23.2 Å². The number of fused-ring (bicyclic) bond motifs is 1. The Balaban J connectivity index is 0.000000847. The van der Waals surface area contributed by atoms with Crippen molar-refractivity contribution in [2.45, 2.75) is 13.0 Å². The number of hydrogen-bond donors (Lipinski definition) is 1. The number of carboxylic acid groups (broad SMARTS) is 1. The topological polar surface area (TPSA) is 84.3 Å². The van der Waals surface area contributed by atoms with Gasteiger partial charge in [0, 0.05) is 24.1 Å². The van der Waals surface area contributed by atoms with Crippen molar-refractivity contribution in [2.24, 2.45) is 0 Å². The quantitative estimate of drug-likeness (QED) is 0.580. The van der Waals surface area contributed by atoms with Crippen molar-refractivity contribution in [1.29, 1.82) is 0 Å². The minimum Gasteiger partial charge on any atom is -0.481 e. The van der Waals surface area contributed by atoms with E-state index in [0.29, 0.717) is 12.2 Å². The molecular weight excluding hydrogens is 306 g/mol. The van der Waals surface area contributed by atoms with Crippen LogP contribution in [0.25, 0.3) is 16.9 Å². The van der Waals surface area contributed by atoms with Gasteiger partial charge in [0.25, 0.3) is 0 Å². The molecule has 0 aliphatic carbocycles. The van der Waals surface area contributed by atoms with Crippen LogP contribution in [0.4, 0.5) is 0 Å². The van der Waals surface area contributed by atoms with E-state index in [1.54, 1.807) is 16.9 Å². The molecule has 0 aliphatic heterocycles. The van der Waals surface area contributed by atoms with E-state index < -0.39 is 5.97 Å². The van der Waals surface area contributed by atoms with Gasteiger partial charge in [-0.05, 0) is 0 Å². The van der Waals surface area contributed by atoms with Crippen molar-refractivity contribution in [2.75, 3.05) is 6.38 Å². The maximum absolute atomic E-state index is 10.5. The van der Waals surface area contributed by atoms with Gasteiger partial charge in [0.1, 0.15) is 12.7 Å². The lowest BCUT2D eigenvalue weighted by Crippen LogP contribution is -2.33. The second-order valence-electron chi connectivity index (χ2n) is 4.29. The van der Waals surface area contributed by atoms with Gasteiger partial charge >= 0.3 is 5.97 Å². The summed E-state index contributed by atoms with van der Waals surface area (Å²) in [6.45, 7) is 0.446. The highest BCUT2D eigenvalue weighted by atomic mass is 35.5. The number of rotatable bonds is 4. The van der Waals surface area contributed by atoms with Crippen LogP contribution in [-0.2, 0) is 11.3 Å². The highest BCUT2D eigenvalue weighted by Gasteiger charge is 2.09. The first-order chi connectivity index (χ1) is 10.7. The molecule has 0 radical (unpaired) electrons. The summed E-state index contributed by atoms with van der Waals surface area (Å²) in [4.78, 5) is 18.8. The molecule has 0 spiro atoms. The summed E-state index contributed by atoms with van der Waals surface area (Å²) in [5.41, 5.74) is 2.47. The van der Waals surface area contributed by atoms with E-state index in [0.717, 1.165) is 11.3 Å². The maximum Gasteiger partial charge on any atom is 0.309 e. The highest BCUT2D eigenvalue weighted by Crippen LogP contribution is 2.16. The van der Waals surface area contributed by atoms with E-state index in [1.807, 2.05) is 29.1 Å². The molecule has 0 aromatic carbocycles. The lowest BCUT2D eigenvalue weighted by atomic mass is 10.2. The Kier molecular flexibility index (Phi) is 5.37. The molecule has 0 aliphatic rings. The smallest absolute Gasteiger partial charge is 0.309 e. The van der Waals surface area contributed by atoms with Gasteiger partial charge in [-0.2, -0.15) is 5.10 Å². The fourth-order valence-corrected chi connectivity index (χ4v) is 1.95. The van der Waals surface area contributed by atoms with E-state index in [2.05, 4.69) is 26.7 Å². The number of hydrogen-bond acceptors (Lipinski definition) is 4. The zero-order chi connectivity index (χ0) is 15.9. The van der Waals surface area contributed by atoms with Gasteiger partial charge in [0.2, 0.25) is 0 Å². The van der Waals surface area contributed by atoms with E-state index in [1.165, 1.54) is 12.7 Å². The predicted octanol–water partition coefficient (Wildman–Crippen LogP) is 1.41. The third-order valence-electron chi connectivity index (χ3n) is 2.96. The molecule has 0 saturated carbocycles. The standard InChI is InChI=1S/C13H11N5O2.CH3Cl/c19-13(20)3-6-17-4-1-10(2-5-17)11-7-14-8-12-15-9-16-18(11)12;1-2/h1-2,4-5,7-9H,3,6H2;1H3/p+1. The lowest BCUT2D eigenvalue weighted by molar-refractivity contribution is -0.695. The molecule has 0 unspecified atom stereocenters. The summed E-state index contributed by atoms with van der Waals surface area (Å²) < 4.78 is 3.54. The van der Waals surface area contributed by atoms with E-state index in [-0.39, 0.29) is 6.42 Å². The van der Waals surface area contributed by atoms with Crippen LogP contribution in [0.2, 0.25) is 0 Å². The molecule has 3 aromatic heterocycles. The van der Waals surface area contributed by atoms with Gasteiger partial charge in [0.05, 0.1) is 18.1 Å². The predicted molar refractivity (Wildman–Crippen MR) is 80.4 cm³/mol. The van der Waals surface area contributed by atoms with Gasteiger partial charge in [-0.1, -0.05) is 0 Å². The molecule has 1 N–H and O–H groups in total. The van der Waals surface area contributed by atoms with Gasteiger partial charge in [-0.15, -0.1) is 11.6 Å². The summed E-state index contributed by atoms with van der Waals surface area (Å²) in [7, 11) is 0. The van der Waals surface area contributed by atoms with Crippen LogP contribution in [0, 0.1) is 0 Å². The minimum atomic E-state index is -0.807. The number of nitrogens with zero attached hydrogens (tertiary/aromatic N) is 5. The Morgan fingerprint density at radius 1 is 1.32 bits per heavy atom. The van der Waals surface area contributed by atoms with Crippen LogP contribution in [0.1, 0.15) is 6.42 Å². The van der Waals surface area contributed by atoms with Gasteiger partial charge in [-0.25, -0.2) is 14.1 Å². The Bertz CT molecular complexity index is 757. The van der Waals surface area contributed by atoms with Crippen molar-refractivity contribution in [3.63, 3.8) is 0 Å². The van der Waals surface area contributed by atoms with Crippen LogP contribution in [-0.4, -0.2) is 37.0 Å². The van der Waals surface area contributed by atoms with Crippen molar-refractivity contribution < 1.29 is 14.5 Å². The lowest BCUT2D eigenvalue weighted by Gasteiger charge is -2.02. The molecule has 3 heterocycles. The zero-order valence-corrected chi connectivity index (χ0v) is 12.7. The average Bonchev–Trinajstić information content (AvgIpc) is 3.04. The Hall–Kier alpha value is -2.54. The number of aliphatic carboxylic acids is 1. The molecule has 22 heavy (non-hydrogen) atoms. The first-order valence-electron chi connectivity index (χ1n) is 6.47. The Morgan fingerprint density at radius 3 is 2.73 bits per heavy atom. The third-order valence-corrected chi connectivity index (χ3v) is 2.96. The molecule has 3 rings (SSSR count). The summed E-state index contributed by atoms with van der Waals surface area (Å²) >= 11 is 4.64. The first kappa shape index (κ1) is 15.8. The number of alkyl halides is 1. The molecule has 0 amide bonds. The number of halogens is 1. The number of aromatic nitrogens is 5. The zero-order valence-electron chi connectivity index (χ0n) is 11.9. The van der Waals surface area contributed by atoms with Crippen LogP contribution >= 0.6 is 11.6 Å². The van der Waals surface area contributed by atoms with Gasteiger partial charge in [0.15, 0.2) is 24.6 Å². The van der Waals surface area contributed by atoms with E-state index in [9.17, 15) is 4.79 Å². The van der Waals surface area contributed by atoms with Crippen LogP contribution in [0.15, 0.2) is 43.2 Å². The molecule has 0 fully saturated rings. The molecule has 114 valence electrons. The molecule has 0 atom stereocenters. The maximum atomic E-state index is 10.5. The van der Waals surface area contributed by atoms with Crippen LogP contribution in [0.5, 0.6) is 0 Å². The average molecular weight is 321 g/mol. The molecule has 3 aromatic rings. The second kappa shape index (κ2) is 7.46. The first-order valence-corrected chi connectivity index (χ1v) is 7.22. The van der Waals surface area contributed by atoms with E-state index >= 15 is 0 Å². The normalized spacial score (nSPS) is 10.1. The van der Waals surface area contributed by atoms with Crippen LogP contribution in [0.3, 0.4) is 0 Å². The Labute approximate surface area is 131 Å². The fraction of sp³-hybridized carbons (Fsp3) is 0.214. The summed E-state index contributed by atoms with van der Waals surface area (Å²) in [6, 6.07) is 3.81. The van der Waals surface area contributed by atoms with Crippen molar-refractivity contribution in [3.05, 3.63) is 43.2 Å². The monoisotopic (exact) mass is 320 g/mol. The summed E-state index contributed by atoms with van der Waals surface area (Å²) in [5.74, 6) is -0.807. The second-order valence-corrected chi connectivity index (χ2v) is 4.29. The number of carboxylic acids is 1. The van der Waals surface area contributed by atoms with Gasteiger partial charge in [-0.3, -0.25) is 9.78 Å². The SMILES string of the molecule is CCl.O=C(O)CC[n+]1ccc(-c2cncc3ncnn23)cc1. The van der Waals surface area contributed by atoms with Crippen molar-refractivity contribution in [1.82, 2.24) is 19.6 Å². The van der Waals surface area contributed by atoms with Gasteiger partial charge < -0.3 is 5.11 Å². The highest BCUT2D eigenvalue weighted by molar-refractivity contribution is 6.15. The Morgan fingerprint density at radius 2 is 2.05 bits per heavy atom. The molecular formula is C14H15ClN5O2+.